The maximum atomic E-state index is 11.2. The van der Waals surface area contributed by atoms with E-state index < -0.39 is 0 Å². The van der Waals surface area contributed by atoms with Gasteiger partial charge in [0.15, 0.2) is 0 Å². The zero-order valence-corrected chi connectivity index (χ0v) is 11.2. The van der Waals surface area contributed by atoms with E-state index in [9.17, 15) is 4.79 Å². The van der Waals surface area contributed by atoms with Gasteiger partial charge in [0.05, 0.1) is 0 Å². The van der Waals surface area contributed by atoms with Crippen molar-refractivity contribution in [3.63, 3.8) is 0 Å². The molecule has 0 aromatic carbocycles. The second-order valence-corrected chi connectivity index (χ2v) is 4.82. The minimum atomic E-state index is 0.0448. The van der Waals surface area contributed by atoms with E-state index in [0.717, 1.165) is 6.42 Å². The van der Waals surface area contributed by atoms with Crippen LogP contribution in [-0.2, 0) is 4.79 Å². The highest BCUT2D eigenvalue weighted by Crippen LogP contribution is 2.28. The minimum Gasteiger partial charge on any atom is -0.316 e. The molecular weight excluding hydrogens is 210 g/mol. The maximum Gasteiger partial charge on any atom is 0.223 e. The SMILES string of the molecule is C=CN(CC=C(C)C1CC=C(C)CC1)C(C)=O. The van der Waals surface area contributed by atoms with Crippen LogP contribution in [0.15, 0.2) is 36.1 Å². The van der Waals surface area contributed by atoms with Crippen molar-refractivity contribution in [1.82, 2.24) is 4.90 Å². The predicted octanol–water partition coefficient (Wildman–Crippen LogP) is 3.67. The molecule has 0 spiro atoms. The van der Waals surface area contributed by atoms with Gasteiger partial charge in [0.1, 0.15) is 0 Å². The van der Waals surface area contributed by atoms with Crippen LogP contribution in [0.25, 0.3) is 0 Å². The molecule has 1 unspecified atom stereocenters. The van der Waals surface area contributed by atoms with Crippen molar-refractivity contribution >= 4 is 5.91 Å². The molecule has 0 aromatic heterocycles. The average molecular weight is 233 g/mol. The van der Waals surface area contributed by atoms with Crippen LogP contribution in [0.5, 0.6) is 0 Å². The number of carbonyl (C=O) groups excluding carboxylic acids is 1. The largest absolute Gasteiger partial charge is 0.316 e. The highest BCUT2D eigenvalue weighted by Gasteiger charge is 2.14. The Morgan fingerprint density at radius 1 is 1.59 bits per heavy atom. The van der Waals surface area contributed by atoms with Gasteiger partial charge in [-0.3, -0.25) is 4.79 Å². The predicted molar refractivity (Wildman–Crippen MR) is 72.4 cm³/mol. The maximum absolute atomic E-state index is 11.2. The molecular formula is C15H23NO. The van der Waals surface area contributed by atoms with Crippen molar-refractivity contribution in [2.75, 3.05) is 6.54 Å². The molecule has 2 nitrogen and oxygen atoms in total. The number of carbonyl (C=O) groups is 1. The summed E-state index contributed by atoms with van der Waals surface area (Å²) in [5, 5.41) is 0. The molecule has 1 rings (SSSR count). The minimum absolute atomic E-state index is 0.0448. The van der Waals surface area contributed by atoms with Crippen molar-refractivity contribution in [3.05, 3.63) is 36.1 Å². The van der Waals surface area contributed by atoms with E-state index in [1.807, 2.05) is 0 Å². The molecule has 0 N–H and O–H groups in total. The second kappa shape index (κ2) is 6.43. The molecule has 1 aliphatic carbocycles. The quantitative estimate of drug-likeness (QED) is 0.678. The van der Waals surface area contributed by atoms with Crippen molar-refractivity contribution in [3.8, 4) is 0 Å². The van der Waals surface area contributed by atoms with Crippen LogP contribution in [0.4, 0.5) is 0 Å². The van der Waals surface area contributed by atoms with Crippen LogP contribution in [0.3, 0.4) is 0 Å². The molecule has 1 atom stereocenters. The van der Waals surface area contributed by atoms with E-state index in [-0.39, 0.29) is 5.91 Å². The van der Waals surface area contributed by atoms with Crippen LogP contribution in [0, 0.1) is 5.92 Å². The fourth-order valence-electron chi connectivity index (χ4n) is 2.12. The lowest BCUT2D eigenvalue weighted by Crippen LogP contribution is -2.22. The molecule has 1 amide bonds. The summed E-state index contributed by atoms with van der Waals surface area (Å²) in [6.07, 6.45) is 9.66. The molecule has 0 radical (unpaired) electrons. The van der Waals surface area contributed by atoms with E-state index in [0.29, 0.717) is 12.5 Å². The number of hydrogen-bond acceptors (Lipinski definition) is 1. The van der Waals surface area contributed by atoms with Gasteiger partial charge in [0.2, 0.25) is 5.91 Å². The summed E-state index contributed by atoms with van der Waals surface area (Å²) in [5.74, 6) is 0.695. The van der Waals surface area contributed by atoms with E-state index in [2.05, 4.69) is 32.6 Å². The van der Waals surface area contributed by atoms with E-state index in [1.54, 1.807) is 18.0 Å². The number of rotatable bonds is 4. The fourth-order valence-corrected chi connectivity index (χ4v) is 2.12. The molecule has 1 aliphatic rings. The summed E-state index contributed by atoms with van der Waals surface area (Å²) >= 11 is 0. The van der Waals surface area contributed by atoms with E-state index >= 15 is 0 Å². The Morgan fingerprint density at radius 3 is 2.76 bits per heavy atom. The number of amides is 1. The van der Waals surface area contributed by atoms with Gasteiger partial charge in [0.25, 0.3) is 0 Å². The Labute approximate surface area is 105 Å². The van der Waals surface area contributed by atoms with Crippen molar-refractivity contribution < 1.29 is 4.79 Å². The van der Waals surface area contributed by atoms with Crippen LogP contribution < -0.4 is 0 Å². The Kier molecular flexibility index (Phi) is 5.20. The van der Waals surface area contributed by atoms with Gasteiger partial charge >= 0.3 is 0 Å². The third-order valence-corrected chi connectivity index (χ3v) is 3.52. The zero-order valence-electron chi connectivity index (χ0n) is 11.2. The first kappa shape index (κ1) is 13.8. The fraction of sp³-hybridized carbons (Fsp3) is 0.533. The van der Waals surface area contributed by atoms with E-state index in [1.165, 1.54) is 24.0 Å². The molecule has 0 saturated carbocycles. The lowest BCUT2D eigenvalue weighted by Gasteiger charge is -2.22. The number of allylic oxidation sites excluding steroid dienone is 3. The summed E-state index contributed by atoms with van der Waals surface area (Å²) in [6, 6.07) is 0. The first-order chi connectivity index (χ1) is 8.04. The molecule has 94 valence electrons. The average Bonchev–Trinajstić information content (AvgIpc) is 2.30. The number of nitrogens with zero attached hydrogens (tertiary/aromatic N) is 1. The van der Waals surface area contributed by atoms with Crippen molar-refractivity contribution in [1.29, 1.82) is 0 Å². The summed E-state index contributed by atoms with van der Waals surface area (Å²) in [6.45, 7) is 10.2. The highest BCUT2D eigenvalue weighted by atomic mass is 16.2. The Bertz CT molecular complexity index is 352. The van der Waals surface area contributed by atoms with Gasteiger partial charge in [-0.05, 0) is 45.2 Å². The Hall–Kier alpha value is -1.31. The van der Waals surface area contributed by atoms with Gasteiger partial charge < -0.3 is 4.90 Å². The lowest BCUT2D eigenvalue weighted by molar-refractivity contribution is -0.125. The molecule has 0 heterocycles. The molecule has 0 bridgehead atoms. The van der Waals surface area contributed by atoms with Crippen molar-refractivity contribution in [2.24, 2.45) is 5.92 Å². The summed E-state index contributed by atoms with van der Waals surface area (Å²) in [5.41, 5.74) is 2.90. The first-order valence-electron chi connectivity index (χ1n) is 6.26. The normalized spacial score (nSPS) is 20.8. The van der Waals surface area contributed by atoms with Gasteiger partial charge in [-0.2, -0.15) is 0 Å². The highest BCUT2D eigenvalue weighted by molar-refractivity contribution is 5.74. The molecule has 17 heavy (non-hydrogen) atoms. The topological polar surface area (TPSA) is 20.3 Å². The molecule has 0 aliphatic heterocycles. The first-order valence-corrected chi connectivity index (χ1v) is 6.26. The molecule has 0 aromatic rings. The van der Waals surface area contributed by atoms with Gasteiger partial charge in [-0.15, -0.1) is 0 Å². The summed E-state index contributed by atoms with van der Waals surface area (Å²) in [4.78, 5) is 12.9. The lowest BCUT2D eigenvalue weighted by atomic mass is 9.85. The van der Waals surface area contributed by atoms with Gasteiger partial charge in [-0.1, -0.05) is 29.9 Å². The Morgan fingerprint density at radius 2 is 2.29 bits per heavy atom. The van der Waals surface area contributed by atoms with Crippen LogP contribution in [0.2, 0.25) is 0 Å². The number of hydrogen-bond donors (Lipinski definition) is 0. The van der Waals surface area contributed by atoms with Crippen LogP contribution in [-0.4, -0.2) is 17.4 Å². The molecule has 0 saturated heterocycles. The summed E-state index contributed by atoms with van der Waals surface area (Å²) in [7, 11) is 0. The van der Waals surface area contributed by atoms with Crippen molar-refractivity contribution in [2.45, 2.75) is 40.0 Å². The monoisotopic (exact) mass is 233 g/mol. The zero-order chi connectivity index (χ0) is 12.8. The third-order valence-electron chi connectivity index (χ3n) is 3.52. The molecule has 2 heteroatoms. The van der Waals surface area contributed by atoms with Crippen LogP contribution >= 0.6 is 0 Å². The second-order valence-electron chi connectivity index (χ2n) is 4.82. The van der Waals surface area contributed by atoms with E-state index in [4.69, 9.17) is 0 Å². The Balaban J connectivity index is 2.55. The van der Waals surface area contributed by atoms with Crippen LogP contribution in [0.1, 0.15) is 40.0 Å². The third kappa shape index (κ3) is 4.22. The summed E-state index contributed by atoms with van der Waals surface area (Å²) < 4.78 is 0. The van der Waals surface area contributed by atoms with Gasteiger partial charge in [-0.25, -0.2) is 0 Å². The smallest absolute Gasteiger partial charge is 0.223 e. The molecule has 0 fully saturated rings. The standard InChI is InChI=1S/C15H23NO/c1-5-16(14(4)17)11-10-13(3)15-8-6-12(2)7-9-15/h5-6,10,15H,1,7-9,11H2,2-4H3. The van der Waals surface area contributed by atoms with Gasteiger partial charge in [0, 0.05) is 13.5 Å².